The average molecular weight is 232 g/mol. The summed E-state index contributed by atoms with van der Waals surface area (Å²) in [6.45, 7) is 4.00. The number of rotatable bonds is 5. The average Bonchev–Trinajstić information content (AvgIpc) is 2.34. The van der Waals surface area contributed by atoms with E-state index in [9.17, 15) is 4.79 Å². The largest absolute Gasteiger partial charge is 0.464 e. The third kappa shape index (κ3) is 4.15. The van der Waals surface area contributed by atoms with Gasteiger partial charge in [0.25, 0.3) is 0 Å². The van der Waals surface area contributed by atoms with E-state index < -0.39 is 0 Å². The molecule has 0 amide bonds. The topological polar surface area (TPSA) is 53.3 Å². The molecule has 0 aliphatic carbocycles. The molecule has 0 aliphatic rings. The molecule has 1 atom stereocenters. The minimum absolute atomic E-state index is 0.257. The van der Waals surface area contributed by atoms with Gasteiger partial charge in [-0.2, -0.15) is 5.26 Å². The Morgan fingerprint density at radius 3 is 2.65 bits per heavy atom. The van der Waals surface area contributed by atoms with Crippen molar-refractivity contribution in [2.45, 2.75) is 19.9 Å². The first-order valence-electron chi connectivity index (χ1n) is 5.50. The zero-order valence-electron chi connectivity index (χ0n) is 10.1. The summed E-state index contributed by atoms with van der Waals surface area (Å²) in [7, 11) is 0. The van der Waals surface area contributed by atoms with Crippen LogP contribution < -0.4 is 4.90 Å². The van der Waals surface area contributed by atoms with Gasteiger partial charge >= 0.3 is 5.97 Å². The van der Waals surface area contributed by atoms with Gasteiger partial charge in [0.15, 0.2) is 0 Å². The Kier molecular flexibility index (Phi) is 5.02. The number of ether oxygens (including phenoxy) is 1. The maximum absolute atomic E-state index is 10.7. The van der Waals surface area contributed by atoms with Gasteiger partial charge in [0.2, 0.25) is 0 Å². The van der Waals surface area contributed by atoms with Gasteiger partial charge in [0, 0.05) is 12.6 Å². The lowest BCUT2D eigenvalue weighted by Gasteiger charge is -2.26. The lowest BCUT2D eigenvalue weighted by Crippen LogP contribution is -2.35. The first-order valence-corrected chi connectivity index (χ1v) is 5.50. The van der Waals surface area contributed by atoms with Gasteiger partial charge in [-0.3, -0.25) is 4.79 Å². The molecule has 0 saturated carbocycles. The summed E-state index contributed by atoms with van der Waals surface area (Å²) in [5.41, 5.74) is 0.953. The normalized spacial score (nSPS) is 11.4. The van der Waals surface area contributed by atoms with E-state index in [1.54, 1.807) is 0 Å². The van der Waals surface area contributed by atoms with Crippen molar-refractivity contribution in [3.05, 3.63) is 30.3 Å². The van der Waals surface area contributed by atoms with Crippen molar-refractivity contribution < 1.29 is 9.53 Å². The van der Waals surface area contributed by atoms with E-state index in [-0.39, 0.29) is 18.6 Å². The molecule has 0 aliphatic heterocycles. The first-order chi connectivity index (χ1) is 8.15. The predicted molar refractivity (Wildman–Crippen MR) is 65.5 cm³/mol. The molecule has 0 radical (unpaired) electrons. The van der Waals surface area contributed by atoms with Crippen LogP contribution in [0.4, 0.5) is 5.69 Å². The minimum atomic E-state index is -0.303. The van der Waals surface area contributed by atoms with Crippen LogP contribution in [0.5, 0.6) is 0 Å². The van der Waals surface area contributed by atoms with Crippen LogP contribution in [0.25, 0.3) is 0 Å². The monoisotopic (exact) mass is 232 g/mol. The van der Waals surface area contributed by atoms with Crippen molar-refractivity contribution >= 4 is 11.7 Å². The van der Waals surface area contributed by atoms with Crippen molar-refractivity contribution in [3.63, 3.8) is 0 Å². The number of hydrogen-bond acceptors (Lipinski definition) is 4. The molecule has 1 rings (SSSR count). The van der Waals surface area contributed by atoms with Gasteiger partial charge in [-0.25, -0.2) is 0 Å². The molecule has 4 heteroatoms. The second-order valence-corrected chi connectivity index (χ2v) is 3.67. The standard InChI is InChI=1S/C13H16N2O2/c1-11(10-14)15(8-9-17-12(2)16)13-6-4-3-5-7-13/h3-7,11H,8-9H2,1-2H3. The summed E-state index contributed by atoms with van der Waals surface area (Å²) in [6.07, 6.45) is 0. The molecule has 1 aromatic carbocycles. The first kappa shape index (κ1) is 13.0. The van der Waals surface area contributed by atoms with Crippen LogP contribution in [-0.2, 0) is 9.53 Å². The Morgan fingerprint density at radius 1 is 1.47 bits per heavy atom. The van der Waals surface area contributed by atoms with Gasteiger partial charge in [-0.15, -0.1) is 0 Å². The maximum atomic E-state index is 10.7. The summed E-state index contributed by atoms with van der Waals surface area (Å²) >= 11 is 0. The Bertz CT molecular complexity index is 398. The highest BCUT2D eigenvalue weighted by Crippen LogP contribution is 2.15. The van der Waals surface area contributed by atoms with Gasteiger partial charge in [-0.1, -0.05) is 18.2 Å². The molecule has 17 heavy (non-hydrogen) atoms. The maximum Gasteiger partial charge on any atom is 0.302 e. The Hall–Kier alpha value is -2.02. The summed E-state index contributed by atoms with van der Waals surface area (Å²) in [6, 6.07) is 11.5. The zero-order chi connectivity index (χ0) is 12.7. The molecule has 1 unspecified atom stereocenters. The van der Waals surface area contributed by atoms with Crippen molar-refractivity contribution in [1.29, 1.82) is 5.26 Å². The second kappa shape index (κ2) is 6.54. The van der Waals surface area contributed by atoms with Gasteiger partial charge in [-0.05, 0) is 19.1 Å². The molecule has 0 bridgehead atoms. The van der Waals surface area contributed by atoms with Crippen molar-refractivity contribution in [2.75, 3.05) is 18.1 Å². The van der Waals surface area contributed by atoms with E-state index >= 15 is 0 Å². The molecule has 0 spiro atoms. The van der Waals surface area contributed by atoms with Gasteiger partial charge in [0.05, 0.1) is 12.6 Å². The number of hydrogen-bond donors (Lipinski definition) is 0. The quantitative estimate of drug-likeness (QED) is 0.728. The number of benzene rings is 1. The highest BCUT2D eigenvalue weighted by Gasteiger charge is 2.13. The summed E-state index contributed by atoms with van der Waals surface area (Å²) in [5.74, 6) is -0.303. The SMILES string of the molecule is CC(=O)OCCN(c1ccccc1)C(C)C#N. The number of anilines is 1. The molecule has 90 valence electrons. The highest BCUT2D eigenvalue weighted by molar-refractivity contribution is 5.65. The molecule has 0 fully saturated rings. The van der Waals surface area contributed by atoms with E-state index in [1.807, 2.05) is 42.2 Å². The fourth-order valence-corrected chi connectivity index (χ4v) is 1.52. The third-order valence-corrected chi connectivity index (χ3v) is 2.38. The van der Waals surface area contributed by atoms with E-state index in [4.69, 9.17) is 10.00 Å². The number of esters is 1. The van der Waals surface area contributed by atoms with E-state index in [1.165, 1.54) is 6.92 Å². The minimum Gasteiger partial charge on any atom is -0.464 e. The number of nitrogens with zero attached hydrogens (tertiary/aromatic N) is 2. The zero-order valence-corrected chi connectivity index (χ0v) is 10.1. The molecular formula is C13H16N2O2. The van der Waals surface area contributed by atoms with E-state index in [0.717, 1.165) is 5.69 Å². The van der Waals surface area contributed by atoms with Crippen molar-refractivity contribution in [2.24, 2.45) is 0 Å². The van der Waals surface area contributed by atoms with Gasteiger partial charge < -0.3 is 9.64 Å². The number of para-hydroxylation sites is 1. The Labute approximate surface area is 101 Å². The van der Waals surface area contributed by atoms with Crippen LogP contribution >= 0.6 is 0 Å². The Morgan fingerprint density at radius 2 is 2.12 bits per heavy atom. The molecule has 0 N–H and O–H groups in total. The van der Waals surface area contributed by atoms with Crippen LogP contribution in [0.3, 0.4) is 0 Å². The van der Waals surface area contributed by atoms with E-state index in [0.29, 0.717) is 6.54 Å². The summed E-state index contributed by atoms with van der Waals surface area (Å²) < 4.78 is 4.90. The van der Waals surface area contributed by atoms with Crippen molar-refractivity contribution in [1.82, 2.24) is 0 Å². The molecular weight excluding hydrogens is 216 g/mol. The van der Waals surface area contributed by atoms with E-state index in [2.05, 4.69) is 6.07 Å². The van der Waals surface area contributed by atoms with Gasteiger partial charge in [0.1, 0.15) is 12.6 Å². The molecule has 1 aromatic rings. The molecule has 4 nitrogen and oxygen atoms in total. The summed E-state index contributed by atoms with van der Waals surface area (Å²) in [4.78, 5) is 12.6. The molecule has 0 saturated heterocycles. The Balaban J connectivity index is 2.69. The van der Waals surface area contributed by atoms with Crippen molar-refractivity contribution in [3.8, 4) is 6.07 Å². The third-order valence-electron chi connectivity index (χ3n) is 2.38. The van der Waals surface area contributed by atoms with Crippen LogP contribution in [0.2, 0.25) is 0 Å². The summed E-state index contributed by atoms with van der Waals surface area (Å²) in [5, 5.41) is 8.98. The van der Waals surface area contributed by atoms with Crippen LogP contribution in [-0.4, -0.2) is 25.2 Å². The lowest BCUT2D eigenvalue weighted by molar-refractivity contribution is -0.140. The van der Waals surface area contributed by atoms with Crippen LogP contribution in [0.15, 0.2) is 30.3 Å². The molecule has 0 heterocycles. The molecule has 0 aromatic heterocycles. The lowest BCUT2D eigenvalue weighted by atomic mass is 10.2. The number of carbonyl (C=O) groups is 1. The number of nitriles is 1. The number of carbonyl (C=O) groups excluding carboxylic acids is 1. The second-order valence-electron chi connectivity index (χ2n) is 3.67. The fourth-order valence-electron chi connectivity index (χ4n) is 1.52. The smallest absolute Gasteiger partial charge is 0.302 e. The highest BCUT2D eigenvalue weighted by atomic mass is 16.5. The van der Waals surface area contributed by atoms with Crippen LogP contribution in [0, 0.1) is 11.3 Å². The predicted octanol–water partition coefficient (Wildman–Crippen LogP) is 1.97. The fraction of sp³-hybridized carbons (Fsp3) is 0.385. The van der Waals surface area contributed by atoms with Crippen LogP contribution in [0.1, 0.15) is 13.8 Å².